The van der Waals surface area contributed by atoms with Crippen LogP contribution in [0.15, 0.2) is 53.4 Å². The molecule has 0 atom stereocenters. The van der Waals surface area contributed by atoms with E-state index < -0.39 is 0 Å². The topological polar surface area (TPSA) is 35.2 Å². The molecule has 0 fully saturated rings. The second-order valence-corrected chi connectivity index (χ2v) is 4.29. The van der Waals surface area contributed by atoms with E-state index in [4.69, 9.17) is 21.5 Å². The van der Waals surface area contributed by atoms with Gasteiger partial charge in [-0.1, -0.05) is 11.6 Å². The van der Waals surface area contributed by atoms with Crippen LogP contribution in [0, 0.1) is 0 Å². The van der Waals surface area contributed by atoms with E-state index >= 15 is 0 Å². The molecule has 0 saturated heterocycles. The summed E-state index contributed by atoms with van der Waals surface area (Å²) < 4.78 is 5.62. The highest BCUT2D eigenvalue weighted by molar-refractivity contribution is 7.97. The van der Waals surface area contributed by atoms with Gasteiger partial charge in [-0.3, -0.25) is 5.14 Å². The molecule has 0 heterocycles. The van der Waals surface area contributed by atoms with Crippen LogP contribution < -0.4 is 9.88 Å². The minimum absolute atomic E-state index is 0.697. The summed E-state index contributed by atoms with van der Waals surface area (Å²) in [7, 11) is 0. The van der Waals surface area contributed by atoms with Crippen molar-refractivity contribution in [1.29, 1.82) is 0 Å². The summed E-state index contributed by atoms with van der Waals surface area (Å²) in [5.74, 6) is 1.54. The lowest BCUT2D eigenvalue weighted by atomic mass is 10.3. The van der Waals surface area contributed by atoms with E-state index in [0.29, 0.717) is 5.02 Å². The average molecular weight is 252 g/mol. The normalized spacial score (nSPS) is 10.1. The van der Waals surface area contributed by atoms with Crippen molar-refractivity contribution < 1.29 is 4.74 Å². The Hall–Kier alpha value is -1.16. The van der Waals surface area contributed by atoms with Gasteiger partial charge in [0.2, 0.25) is 0 Å². The predicted octanol–water partition coefficient (Wildman–Crippen LogP) is 4.10. The molecular formula is C12H10ClNOS. The summed E-state index contributed by atoms with van der Waals surface area (Å²) in [5, 5.41) is 6.13. The molecule has 0 aromatic heterocycles. The van der Waals surface area contributed by atoms with Crippen molar-refractivity contribution in [3.05, 3.63) is 53.6 Å². The second-order valence-electron chi connectivity index (χ2n) is 3.15. The largest absolute Gasteiger partial charge is 0.457 e. The number of nitrogens with two attached hydrogens (primary N) is 1. The molecule has 0 bridgehead atoms. The van der Waals surface area contributed by atoms with Crippen molar-refractivity contribution in [1.82, 2.24) is 0 Å². The summed E-state index contributed by atoms with van der Waals surface area (Å²) in [6, 6.07) is 14.8. The van der Waals surface area contributed by atoms with Crippen LogP contribution in [0.5, 0.6) is 11.5 Å². The van der Waals surface area contributed by atoms with Crippen LogP contribution in [0.3, 0.4) is 0 Å². The molecule has 0 spiro atoms. The molecule has 0 aliphatic carbocycles. The van der Waals surface area contributed by atoms with E-state index in [1.54, 1.807) is 12.1 Å². The Morgan fingerprint density at radius 2 is 1.38 bits per heavy atom. The van der Waals surface area contributed by atoms with Gasteiger partial charge in [0.1, 0.15) is 11.5 Å². The Morgan fingerprint density at radius 1 is 0.875 bits per heavy atom. The molecular weight excluding hydrogens is 242 g/mol. The fraction of sp³-hybridized carbons (Fsp3) is 0. The Labute approximate surface area is 104 Å². The van der Waals surface area contributed by atoms with Crippen molar-refractivity contribution in [3.63, 3.8) is 0 Å². The predicted molar refractivity (Wildman–Crippen MR) is 68.0 cm³/mol. The third kappa shape index (κ3) is 2.92. The van der Waals surface area contributed by atoms with E-state index in [-0.39, 0.29) is 0 Å². The molecule has 0 radical (unpaired) electrons. The van der Waals surface area contributed by atoms with Gasteiger partial charge in [-0.25, -0.2) is 0 Å². The van der Waals surface area contributed by atoms with E-state index in [1.165, 1.54) is 11.9 Å². The van der Waals surface area contributed by atoms with Gasteiger partial charge in [0.15, 0.2) is 0 Å². The van der Waals surface area contributed by atoms with Gasteiger partial charge in [0.05, 0.1) is 0 Å². The van der Waals surface area contributed by atoms with E-state index in [1.807, 2.05) is 36.4 Å². The highest BCUT2D eigenvalue weighted by Crippen LogP contribution is 2.24. The highest BCUT2D eigenvalue weighted by Gasteiger charge is 1.97. The number of halogens is 1. The molecule has 0 aliphatic rings. The molecule has 2 aromatic rings. The molecule has 0 aliphatic heterocycles. The monoisotopic (exact) mass is 251 g/mol. The molecule has 16 heavy (non-hydrogen) atoms. The first-order valence-electron chi connectivity index (χ1n) is 4.68. The van der Waals surface area contributed by atoms with Crippen molar-refractivity contribution in [2.24, 2.45) is 5.14 Å². The average Bonchev–Trinajstić information content (AvgIpc) is 2.33. The summed E-state index contributed by atoms with van der Waals surface area (Å²) >= 11 is 6.99. The van der Waals surface area contributed by atoms with Gasteiger partial charge in [-0.15, -0.1) is 0 Å². The minimum atomic E-state index is 0.697. The number of benzene rings is 2. The maximum atomic E-state index is 5.78. The van der Waals surface area contributed by atoms with E-state index in [9.17, 15) is 0 Å². The fourth-order valence-electron chi connectivity index (χ4n) is 1.22. The third-order valence-electron chi connectivity index (χ3n) is 2.01. The van der Waals surface area contributed by atoms with Crippen molar-refractivity contribution >= 4 is 23.5 Å². The number of ether oxygens (including phenoxy) is 1. The van der Waals surface area contributed by atoms with E-state index in [0.717, 1.165) is 16.4 Å². The van der Waals surface area contributed by atoms with Gasteiger partial charge in [-0.05, 0) is 60.5 Å². The Morgan fingerprint density at radius 3 is 1.88 bits per heavy atom. The first-order valence-corrected chi connectivity index (χ1v) is 5.94. The fourth-order valence-corrected chi connectivity index (χ4v) is 1.64. The Kier molecular flexibility index (Phi) is 3.72. The van der Waals surface area contributed by atoms with Crippen LogP contribution in [0.1, 0.15) is 0 Å². The lowest BCUT2D eigenvalue weighted by Crippen LogP contribution is -1.84. The molecule has 2 aromatic carbocycles. The van der Waals surface area contributed by atoms with Gasteiger partial charge in [-0.2, -0.15) is 0 Å². The summed E-state index contributed by atoms with van der Waals surface area (Å²) in [5.41, 5.74) is 0. The van der Waals surface area contributed by atoms with Crippen LogP contribution in [-0.4, -0.2) is 0 Å². The Balaban J connectivity index is 2.11. The van der Waals surface area contributed by atoms with E-state index in [2.05, 4.69) is 0 Å². The molecule has 82 valence electrons. The SMILES string of the molecule is NSc1ccc(Oc2ccc(Cl)cc2)cc1. The zero-order chi connectivity index (χ0) is 11.4. The Bertz CT molecular complexity index is 455. The first kappa shape index (κ1) is 11.3. The van der Waals surface area contributed by atoms with Gasteiger partial charge in [0.25, 0.3) is 0 Å². The maximum Gasteiger partial charge on any atom is 0.127 e. The van der Waals surface area contributed by atoms with Crippen LogP contribution in [0.2, 0.25) is 5.02 Å². The molecule has 4 heteroatoms. The molecule has 2 nitrogen and oxygen atoms in total. The molecule has 2 N–H and O–H groups in total. The van der Waals surface area contributed by atoms with Gasteiger partial charge in [0, 0.05) is 9.92 Å². The highest BCUT2D eigenvalue weighted by atomic mass is 35.5. The van der Waals surface area contributed by atoms with Crippen molar-refractivity contribution in [2.75, 3.05) is 0 Å². The molecule has 0 amide bonds. The summed E-state index contributed by atoms with van der Waals surface area (Å²) in [6.07, 6.45) is 0. The van der Waals surface area contributed by atoms with Crippen LogP contribution >= 0.6 is 23.5 Å². The number of rotatable bonds is 3. The van der Waals surface area contributed by atoms with Crippen LogP contribution in [0.25, 0.3) is 0 Å². The standard InChI is InChI=1S/C12H10ClNOS/c13-9-1-3-10(4-2-9)15-11-5-7-12(16-14)8-6-11/h1-8H,14H2. The summed E-state index contributed by atoms with van der Waals surface area (Å²) in [6.45, 7) is 0. The van der Waals surface area contributed by atoms with Crippen molar-refractivity contribution in [3.8, 4) is 11.5 Å². The lowest BCUT2D eigenvalue weighted by molar-refractivity contribution is 0.482. The molecule has 0 unspecified atom stereocenters. The quantitative estimate of drug-likeness (QED) is 0.835. The zero-order valence-corrected chi connectivity index (χ0v) is 9.96. The smallest absolute Gasteiger partial charge is 0.127 e. The van der Waals surface area contributed by atoms with Crippen molar-refractivity contribution in [2.45, 2.75) is 4.90 Å². The molecule has 0 saturated carbocycles. The first-order chi connectivity index (χ1) is 7.78. The lowest BCUT2D eigenvalue weighted by Gasteiger charge is -2.05. The number of hydrogen-bond donors (Lipinski definition) is 1. The zero-order valence-electron chi connectivity index (χ0n) is 8.39. The molecule has 2 rings (SSSR count). The second kappa shape index (κ2) is 5.25. The van der Waals surface area contributed by atoms with Gasteiger partial charge >= 0.3 is 0 Å². The maximum absolute atomic E-state index is 5.78. The van der Waals surface area contributed by atoms with Gasteiger partial charge < -0.3 is 4.74 Å². The van der Waals surface area contributed by atoms with Crippen LogP contribution in [-0.2, 0) is 0 Å². The third-order valence-corrected chi connectivity index (χ3v) is 2.81. The minimum Gasteiger partial charge on any atom is -0.457 e. The van der Waals surface area contributed by atoms with Crippen LogP contribution in [0.4, 0.5) is 0 Å². The number of hydrogen-bond acceptors (Lipinski definition) is 3. The summed E-state index contributed by atoms with van der Waals surface area (Å²) in [4.78, 5) is 1.00.